The Hall–Kier alpha value is -1.02. The topological polar surface area (TPSA) is 20.2 Å². The summed E-state index contributed by atoms with van der Waals surface area (Å²) in [7, 11) is 0. The highest BCUT2D eigenvalue weighted by Gasteiger charge is 2.14. The molecule has 2 aromatic rings. The highest BCUT2D eigenvalue weighted by atomic mass is 35.5. The van der Waals surface area contributed by atoms with Crippen molar-refractivity contribution in [3.05, 3.63) is 69.7 Å². The Balaban J connectivity index is 2.05. The monoisotopic (exact) mass is 322 g/mol. The molecule has 0 amide bonds. The van der Waals surface area contributed by atoms with Crippen LogP contribution in [0.15, 0.2) is 48.5 Å². The number of aryl methyl sites for hydroxylation is 1. The second kappa shape index (κ2) is 7.84. The van der Waals surface area contributed by atoms with E-state index in [0.717, 1.165) is 29.3 Å². The van der Waals surface area contributed by atoms with Gasteiger partial charge in [0.15, 0.2) is 0 Å². The third-order valence-electron chi connectivity index (χ3n) is 3.66. The SMILES string of the molecule is CC(O)CC(CCc1ccc(Cl)cc1)c1ccc(Cl)cc1. The number of rotatable bonds is 6. The molecule has 2 unspecified atom stereocenters. The van der Waals surface area contributed by atoms with Crippen LogP contribution in [-0.4, -0.2) is 11.2 Å². The molecule has 2 rings (SSSR count). The zero-order valence-electron chi connectivity index (χ0n) is 12.1. The van der Waals surface area contributed by atoms with Crippen LogP contribution in [0, 0.1) is 0 Å². The van der Waals surface area contributed by atoms with Crippen molar-refractivity contribution in [3.63, 3.8) is 0 Å². The number of hydrogen-bond donors (Lipinski definition) is 1. The zero-order valence-corrected chi connectivity index (χ0v) is 13.6. The van der Waals surface area contributed by atoms with Crippen LogP contribution in [0.5, 0.6) is 0 Å². The highest BCUT2D eigenvalue weighted by Crippen LogP contribution is 2.28. The van der Waals surface area contributed by atoms with Crippen molar-refractivity contribution in [2.75, 3.05) is 0 Å². The first-order chi connectivity index (χ1) is 10.0. The molecular weight excluding hydrogens is 303 g/mol. The highest BCUT2D eigenvalue weighted by molar-refractivity contribution is 6.30. The van der Waals surface area contributed by atoms with Crippen molar-refractivity contribution in [1.82, 2.24) is 0 Å². The van der Waals surface area contributed by atoms with Gasteiger partial charge < -0.3 is 5.11 Å². The van der Waals surface area contributed by atoms with Crippen LogP contribution in [0.1, 0.15) is 36.8 Å². The lowest BCUT2D eigenvalue weighted by atomic mass is 9.88. The summed E-state index contributed by atoms with van der Waals surface area (Å²) < 4.78 is 0. The predicted octanol–water partition coefficient (Wildman–Crippen LogP) is 5.48. The lowest BCUT2D eigenvalue weighted by Gasteiger charge is -2.19. The van der Waals surface area contributed by atoms with Crippen molar-refractivity contribution < 1.29 is 5.11 Å². The molecule has 0 heterocycles. The van der Waals surface area contributed by atoms with Crippen LogP contribution in [0.25, 0.3) is 0 Å². The Morgan fingerprint density at radius 2 is 1.43 bits per heavy atom. The molecule has 0 aromatic heterocycles. The van der Waals surface area contributed by atoms with Gasteiger partial charge in [-0.1, -0.05) is 47.5 Å². The summed E-state index contributed by atoms with van der Waals surface area (Å²) >= 11 is 11.9. The maximum absolute atomic E-state index is 9.73. The molecule has 0 radical (unpaired) electrons. The van der Waals surface area contributed by atoms with Gasteiger partial charge in [-0.3, -0.25) is 0 Å². The number of benzene rings is 2. The number of aliphatic hydroxyl groups excluding tert-OH is 1. The number of aliphatic hydroxyl groups is 1. The molecule has 0 aliphatic carbocycles. The maximum Gasteiger partial charge on any atom is 0.0517 e. The van der Waals surface area contributed by atoms with Crippen LogP contribution in [-0.2, 0) is 6.42 Å². The Labute approximate surface area is 136 Å². The average molecular weight is 323 g/mol. The molecule has 0 fully saturated rings. The van der Waals surface area contributed by atoms with E-state index in [1.54, 1.807) is 0 Å². The molecule has 0 saturated carbocycles. The standard InChI is InChI=1S/C18H20Cl2O/c1-13(21)12-16(15-6-10-18(20)11-7-15)5-2-14-3-8-17(19)9-4-14/h3-4,6-11,13,16,21H,2,5,12H2,1H3. The van der Waals surface area contributed by atoms with Gasteiger partial charge in [0.1, 0.15) is 0 Å². The molecule has 0 bridgehead atoms. The molecule has 21 heavy (non-hydrogen) atoms. The molecule has 0 aliphatic heterocycles. The molecule has 0 saturated heterocycles. The minimum Gasteiger partial charge on any atom is -0.393 e. The predicted molar refractivity (Wildman–Crippen MR) is 90.3 cm³/mol. The van der Waals surface area contributed by atoms with Crippen molar-refractivity contribution in [2.45, 2.75) is 38.2 Å². The van der Waals surface area contributed by atoms with Gasteiger partial charge in [0.25, 0.3) is 0 Å². The molecule has 2 atom stereocenters. The Bertz CT molecular complexity index is 546. The summed E-state index contributed by atoms with van der Waals surface area (Å²) in [6.45, 7) is 1.84. The van der Waals surface area contributed by atoms with Crippen molar-refractivity contribution in [3.8, 4) is 0 Å². The van der Waals surface area contributed by atoms with Gasteiger partial charge >= 0.3 is 0 Å². The molecule has 0 spiro atoms. The minimum absolute atomic E-state index is 0.309. The molecule has 112 valence electrons. The van der Waals surface area contributed by atoms with Crippen LogP contribution in [0.4, 0.5) is 0 Å². The molecule has 1 N–H and O–H groups in total. The van der Waals surface area contributed by atoms with Crippen LogP contribution in [0.3, 0.4) is 0 Å². The largest absolute Gasteiger partial charge is 0.393 e. The van der Waals surface area contributed by atoms with E-state index in [1.807, 2.05) is 31.2 Å². The minimum atomic E-state index is -0.309. The summed E-state index contributed by atoms with van der Waals surface area (Å²) in [5, 5.41) is 11.2. The van der Waals surface area contributed by atoms with E-state index in [-0.39, 0.29) is 6.10 Å². The van der Waals surface area contributed by atoms with Gasteiger partial charge in [-0.15, -0.1) is 0 Å². The Kier molecular flexibility index (Phi) is 6.10. The average Bonchev–Trinajstić information content (AvgIpc) is 2.46. The first-order valence-corrected chi connectivity index (χ1v) is 7.98. The van der Waals surface area contributed by atoms with E-state index >= 15 is 0 Å². The van der Waals surface area contributed by atoms with E-state index in [9.17, 15) is 5.11 Å². The first kappa shape index (κ1) is 16.4. The lowest BCUT2D eigenvalue weighted by molar-refractivity contribution is 0.172. The zero-order chi connectivity index (χ0) is 15.2. The van der Waals surface area contributed by atoms with Crippen molar-refractivity contribution >= 4 is 23.2 Å². The molecule has 2 aromatic carbocycles. The van der Waals surface area contributed by atoms with Gasteiger partial charge in [0.2, 0.25) is 0 Å². The summed E-state index contributed by atoms with van der Waals surface area (Å²) in [4.78, 5) is 0. The van der Waals surface area contributed by atoms with Gasteiger partial charge in [-0.2, -0.15) is 0 Å². The van der Waals surface area contributed by atoms with Crippen LogP contribution >= 0.6 is 23.2 Å². The van der Waals surface area contributed by atoms with Gasteiger partial charge in [-0.05, 0) is 67.5 Å². The van der Waals surface area contributed by atoms with E-state index in [0.29, 0.717) is 5.92 Å². The second-order valence-corrected chi connectivity index (χ2v) is 6.37. The quantitative estimate of drug-likeness (QED) is 0.746. The van der Waals surface area contributed by atoms with E-state index in [4.69, 9.17) is 23.2 Å². The van der Waals surface area contributed by atoms with Gasteiger partial charge in [-0.25, -0.2) is 0 Å². The Morgan fingerprint density at radius 1 is 0.905 bits per heavy atom. The number of hydrogen-bond acceptors (Lipinski definition) is 1. The number of halogens is 2. The maximum atomic E-state index is 9.73. The smallest absolute Gasteiger partial charge is 0.0517 e. The van der Waals surface area contributed by atoms with E-state index in [1.165, 1.54) is 11.1 Å². The van der Waals surface area contributed by atoms with Gasteiger partial charge in [0.05, 0.1) is 6.10 Å². The van der Waals surface area contributed by atoms with Gasteiger partial charge in [0, 0.05) is 10.0 Å². The molecule has 3 heteroatoms. The van der Waals surface area contributed by atoms with Crippen LogP contribution < -0.4 is 0 Å². The summed E-state index contributed by atoms with van der Waals surface area (Å²) in [5.74, 6) is 0.331. The molecule has 0 aliphatic rings. The molecule has 1 nitrogen and oxygen atoms in total. The molecular formula is C18H20Cl2O. The summed E-state index contributed by atoms with van der Waals surface area (Å²) in [6, 6.07) is 15.9. The van der Waals surface area contributed by atoms with Crippen molar-refractivity contribution in [1.29, 1.82) is 0 Å². The fraction of sp³-hybridized carbons (Fsp3) is 0.333. The fourth-order valence-electron chi connectivity index (χ4n) is 2.56. The normalized spacial score (nSPS) is 13.9. The lowest BCUT2D eigenvalue weighted by Crippen LogP contribution is -2.10. The van der Waals surface area contributed by atoms with E-state index in [2.05, 4.69) is 24.3 Å². The third-order valence-corrected chi connectivity index (χ3v) is 4.17. The van der Waals surface area contributed by atoms with Crippen molar-refractivity contribution in [2.24, 2.45) is 0 Å². The summed E-state index contributed by atoms with van der Waals surface area (Å²) in [5.41, 5.74) is 2.50. The third kappa shape index (κ3) is 5.35. The second-order valence-electron chi connectivity index (χ2n) is 5.50. The fourth-order valence-corrected chi connectivity index (χ4v) is 2.81. The van der Waals surface area contributed by atoms with E-state index < -0.39 is 0 Å². The van der Waals surface area contributed by atoms with Crippen LogP contribution in [0.2, 0.25) is 10.0 Å². The summed E-state index contributed by atoms with van der Waals surface area (Å²) in [6.07, 6.45) is 2.41. The Morgan fingerprint density at radius 3 is 1.95 bits per heavy atom. The first-order valence-electron chi connectivity index (χ1n) is 7.22.